The molecule has 0 unspecified atom stereocenters. The summed E-state index contributed by atoms with van der Waals surface area (Å²) in [5, 5.41) is 0. The predicted octanol–water partition coefficient (Wildman–Crippen LogP) is 4.36. The van der Waals surface area contributed by atoms with E-state index in [4.69, 9.17) is 9.47 Å². The molecule has 0 atom stereocenters. The molecule has 3 heteroatoms. The fraction of sp³-hybridized carbons (Fsp3) is 0.286. The Morgan fingerprint density at radius 3 is 1.88 bits per heavy atom. The molecule has 0 saturated heterocycles. The summed E-state index contributed by atoms with van der Waals surface area (Å²) in [5.41, 5.74) is 0. The van der Waals surface area contributed by atoms with E-state index in [1.165, 1.54) is 0 Å². The maximum absolute atomic E-state index is 5.61. The van der Waals surface area contributed by atoms with Crippen molar-refractivity contribution in [3.05, 3.63) is 48.0 Å². The topological polar surface area (TPSA) is 18.5 Å². The third-order valence-electron chi connectivity index (χ3n) is 2.09. The van der Waals surface area contributed by atoms with Crippen molar-refractivity contribution in [3.63, 3.8) is 0 Å². The van der Waals surface area contributed by atoms with Crippen molar-refractivity contribution in [2.45, 2.75) is 12.8 Å². The molecular weight excluding hydrogens is 280 g/mol. The van der Waals surface area contributed by atoms with Gasteiger partial charge in [-0.15, -0.1) is 13.2 Å². The van der Waals surface area contributed by atoms with E-state index in [9.17, 15) is 0 Å². The Kier molecular flexibility index (Phi) is 6.48. The smallest absolute Gasteiger partial charge is 0.137 e. The Hall–Kier alpha value is -1.22. The molecule has 0 N–H and O–H groups in total. The molecule has 0 fully saturated rings. The van der Waals surface area contributed by atoms with Crippen LogP contribution in [0.4, 0.5) is 0 Å². The van der Waals surface area contributed by atoms with Crippen LogP contribution in [0.2, 0.25) is 0 Å². The van der Waals surface area contributed by atoms with Gasteiger partial charge in [-0.1, -0.05) is 18.2 Å². The van der Waals surface area contributed by atoms with Crippen molar-refractivity contribution in [1.29, 1.82) is 0 Å². The van der Waals surface area contributed by atoms with E-state index in [0.717, 1.165) is 28.8 Å². The van der Waals surface area contributed by atoms with Crippen molar-refractivity contribution < 1.29 is 9.47 Å². The van der Waals surface area contributed by atoms with Crippen LogP contribution in [-0.4, -0.2) is 13.2 Å². The van der Waals surface area contributed by atoms with E-state index in [2.05, 4.69) is 29.1 Å². The zero-order valence-corrected chi connectivity index (χ0v) is 11.4. The molecule has 0 amide bonds. The van der Waals surface area contributed by atoms with Gasteiger partial charge in [0.2, 0.25) is 0 Å². The van der Waals surface area contributed by atoms with Gasteiger partial charge in [0.05, 0.1) is 13.2 Å². The zero-order chi connectivity index (χ0) is 12.5. The highest BCUT2D eigenvalue weighted by atomic mass is 79.9. The summed E-state index contributed by atoms with van der Waals surface area (Å²) in [4.78, 5) is 0. The average Bonchev–Trinajstić information content (AvgIpc) is 2.34. The fourth-order valence-electron chi connectivity index (χ4n) is 1.22. The van der Waals surface area contributed by atoms with Crippen LogP contribution in [0.1, 0.15) is 12.8 Å². The number of ether oxygens (including phenoxy) is 2. The first kappa shape index (κ1) is 13.8. The zero-order valence-electron chi connectivity index (χ0n) is 9.82. The molecule has 0 aliphatic rings. The van der Waals surface area contributed by atoms with Gasteiger partial charge in [0, 0.05) is 0 Å². The number of halogens is 1. The Bertz CT molecular complexity index is 342. The Morgan fingerprint density at radius 2 is 1.47 bits per heavy atom. The van der Waals surface area contributed by atoms with Crippen LogP contribution < -0.4 is 9.47 Å². The van der Waals surface area contributed by atoms with Gasteiger partial charge in [-0.2, -0.15) is 0 Å². The number of hydrogen-bond acceptors (Lipinski definition) is 2. The second kappa shape index (κ2) is 7.96. The molecule has 0 bridgehead atoms. The summed E-state index contributed by atoms with van der Waals surface area (Å²) < 4.78 is 12.1. The van der Waals surface area contributed by atoms with Crippen molar-refractivity contribution >= 4 is 15.9 Å². The summed E-state index contributed by atoms with van der Waals surface area (Å²) in [5.74, 6) is 1.59. The van der Waals surface area contributed by atoms with Crippen molar-refractivity contribution in [3.8, 4) is 11.5 Å². The first-order chi connectivity index (χ1) is 8.29. The summed E-state index contributed by atoms with van der Waals surface area (Å²) in [6.07, 6.45) is 5.32. The normalized spacial score (nSPS) is 9.71. The second-order valence-corrected chi connectivity index (χ2v) is 4.21. The van der Waals surface area contributed by atoms with Gasteiger partial charge in [-0.05, 0) is 40.9 Å². The quantitative estimate of drug-likeness (QED) is 0.524. The largest absolute Gasteiger partial charge is 0.492 e. The molecule has 0 radical (unpaired) electrons. The lowest BCUT2D eigenvalue weighted by Gasteiger charge is -2.11. The maximum Gasteiger partial charge on any atom is 0.137 e. The lowest BCUT2D eigenvalue weighted by Crippen LogP contribution is -1.99. The minimum Gasteiger partial charge on any atom is -0.492 e. The van der Waals surface area contributed by atoms with Crippen LogP contribution in [0, 0.1) is 0 Å². The molecule has 0 aromatic heterocycles. The fourth-order valence-corrected chi connectivity index (χ4v) is 1.71. The number of benzene rings is 1. The van der Waals surface area contributed by atoms with E-state index in [-0.39, 0.29) is 0 Å². The predicted molar refractivity (Wildman–Crippen MR) is 74.8 cm³/mol. The molecule has 1 aromatic rings. The van der Waals surface area contributed by atoms with E-state index >= 15 is 0 Å². The van der Waals surface area contributed by atoms with Gasteiger partial charge in [0.15, 0.2) is 0 Å². The summed E-state index contributed by atoms with van der Waals surface area (Å²) in [6.45, 7) is 8.56. The number of hydrogen-bond donors (Lipinski definition) is 0. The summed E-state index contributed by atoms with van der Waals surface area (Å²) in [7, 11) is 0. The maximum atomic E-state index is 5.61. The summed E-state index contributed by atoms with van der Waals surface area (Å²) >= 11 is 3.48. The second-order valence-electron chi connectivity index (χ2n) is 3.42. The highest BCUT2D eigenvalue weighted by Crippen LogP contribution is 2.34. The summed E-state index contributed by atoms with van der Waals surface area (Å²) in [6, 6.07) is 5.73. The molecule has 1 rings (SSSR count). The van der Waals surface area contributed by atoms with Crippen LogP contribution in [0.5, 0.6) is 11.5 Å². The lowest BCUT2D eigenvalue weighted by molar-refractivity contribution is 0.305. The van der Waals surface area contributed by atoms with Crippen molar-refractivity contribution in [2.24, 2.45) is 0 Å². The Labute approximate surface area is 111 Å². The van der Waals surface area contributed by atoms with Crippen molar-refractivity contribution in [1.82, 2.24) is 0 Å². The van der Waals surface area contributed by atoms with Gasteiger partial charge in [0.1, 0.15) is 16.0 Å². The van der Waals surface area contributed by atoms with Gasteiger partial charge in [-0.3, -0.25) is 0 Å². The molecule has 0 spiro atoms. The first-order valence-electron chi connectivity index (χ1n) is 5.55. The average molecular weight is 297 g/mol. The van der Waals surface area contributed by atoms with Gasteiger partial charge in [0.25, 0.3) is 0 Å². The van der Waals surface area contributed by atoms with E-state index < -0.39 is 0 Å². The third kappa shape index (κ3) is 4.65. The molecule has 0 saturated carbocycles. The SMILES string of the molecule is C=CCCOc1cccc(OCCC=C)c1Br. The minimum atomic E-state index is 0.623. The molecule has 17 heavy (non-hydrogen) atoms. The molecule has 0 heterocycles. The number of rotatable bonds is 8. The van der Waals surface area contributed by atoms with E-state index in [1.54, 1.807) is 0 Å². The molecule has 92 valence electrons. The highest BCUT2D eigenvalue weighted by molar-refractivity contribution is 9.10. The monoisotopic (exact) mass is 296 g/mol. The van der Waals surface area contributed by atoms with Crippen molar-refractivity contribution in [2.75, 3.05) is 13.2 Å². The first-order valence-corrected chi connectivity index (χ1v) is 6.34. The van der Waals surface area contributed by atoms with Crippen LogP contribution >= 0.6 is 15.9 Å². The van der Waals surface area contributed by atoms with Crippen LogP contribution in [0.15, 0.2) is 48.0 Å². The van der Waals surface area contributed by atoms with Crippen LogP contribution in [0.3, 0.4) is 0 Å². The molecular formula is C14H17BrO2. The van der Waals surface area contributed by atoms with Crippen LogP contribution in [0.25, 0.3) is 0 Å². The Morgan fingerprint density at radius 1 is 1.00 bits per heavy atom. The third-order valence-corrected chi connectivity index (χ3v) is 2.87. The molecule has 2 nitrogen and oxygen atoms in total. The van der Waals surface area contributed by atoms with Gasteiger partial charge in [-0.25, -0.2) is 0 Å². The molecule has 0 aliphatic carbocycles. The van der Waals surface area contributed by atoms with Crippen LogP contribution in [-0.2, 0) is 0 Å². The molecule has 1 aromatic carbocycles. The van der Waals surface area contributed by atoms with E-state index in [0.29, 0.717) is 13.2 Å². The van der Waals surface area contributed by atoms with Gasteiger partial charge < -0.3 is 9.47 Å². The minimum absolute atomic E-state index is 0.623. The highest BCUT2D eigenvalue weighted by Gasteiger charge is 2.07. The molecule has 0 aliphatic heterocycles. The lowest BCUT2D eigenvalue weighted by atomic mass is 10.3. The van der Waals surface area contributed by atoms with E-state index in [1.807, 2.05) is 30.4 Å². The Balaban J connectivity index is 2.62. The van der Waals surface area contributed by atoms with Gasteiger partial charge >= 0.3 is 0 Å². The standard InChI is InChI=1S/C14H17BrO2/c1-3-5-10-16-12-8-7-9-13(14(12)15)17-11-6-4-2/h3-4,7-9H,1-2,5-6,10-11H2.